The first kappa shape index (κ1) is 8.68. The van der Waals surface area contributed by atoms with Crippen molar-refractivity contribution in [1.82, 2.24) is 0 Å². The van der Waals surface area contributed by atoms with E-state index < -0.39 is 5.60 Å². The van der Waals surface area contributed by atoms with Gasteiger partial charge in [0.1, 0.15) is 5.60 Å². The van der Waals surface area contributed by atoms with Gasteiger partial charge < -0.3 is 15.3 Å². The highest BCUT2D eigenvalue weighted by Crippen LogP contribution is 2.23. The van der Waals surface area contributed by atoms with E-state index >= 15 is 0 Å². The molecule has 0 aromatic carbocycles. The zero-order chi connectivity index (χ0) is 8.48. The fraction of sp³-hybridized carbons (Fsp3) is 0.875. The summed E-state index contributed by atoms with van der Waals surface area (Å²) >= 11 is 0. The highest BCUT2D eigenvalue weighted by Gasteiger charge is 2.41. The smallest absolute Gasteiger partial charge is 0.148 e. The molecule has 0 amide bonds. The molecular weight excluding hydrogens is 142 g/mol. The molecule has 0 aliphatic carbocycles. The van der Waals surface area contributed by atoms with Crippen molar-refractivity contribution in [2.24, 2.45) is 5.92 Å². The molecule has 1 rings (SSSR count). The van der Waals surface area contributed by atoms with Crippen molar-refractivity contribution in [3.05, 3.63) is 0 Å². The molecule has 0 aromatic heterocycles. The summed E-state index contributed by atoms with van der Waals surface area (Å²) in [6.07, 6.45) is 0.904. The first-order chi connectivity index (χ1) is 5.10. The van der Waals surface area contributed by atoms with Crippen LogP contribution >= 0.6 is 0 Å². The van der Waals surface area contributed by atoms with Crippen LogP contribution in [0, 0.1) is 11.3 Å². The van der Waals surface area contributed by atoms with Gasteiger partial charge in [0, 0.05) is 5.71 Å². The van der Waals surface area contributed by atoms with Crippen molar-refractivity contribution in [1.29, 1.82) is 5.41 Å². The molecule has 1 fully saturated rings. The van der Waals surface area contributed by atoms with Crippen LogP contribution in [-0.4, -0.2) is 29.6 Å². The van der Waals surface area contributed by atoms with Crippen molar-refractivity contribution >= 4 is 5.71 Å². The second kappa shape index (κ2) is 2.91. The Hall–Kier alpha value is -0.410. The van der Waals surface area contributed by atoms with Crippen LogP contribution in [0.15, 0.2) is 0 Å². The minimum absolute atomic E-state index is 0.170. The zero-order valence-electron chi connectivity index (χ0n) is 7.05. The standard InChI is InChI=1S/C8H15NO2/c1-3-6(2)7(9)8(10)4-11-5-8/h6,9-10H,3-5H2,1-2H3. The van der Waals surface area contributed by atoms with Crippen LogP contribution in [0.2, 0.25) is 0 Å². The molecule has 64 valence electrons. The average Bonchev–Trinajstić information content (AvgIpc) is 1.97. The summed E-state index contributed by atoms with van der Waals surface area (Å²) in [5.74, 6) is 0.170. The predicted octanol–water partition coefficient (Wildman–Crippen LogP) is 0.814. The Kier molecular flexibility index (Phi) is 2.30. The maximum Gasteiger partial charge on any atom is 0.148 e. The van der Waals surface area contributed by atoms with E-state index in [-0.39, 0.29) is 5.92 Å². The summed E-state index contributed by atoms with van der Waals surface area (Å²) in [6.45, 7) is 4.58. The van der Waals surface area contributed by atoms with Crippen LogP contribution in [0.4, 0.5) is 0 Å². The van der Waals surface area contributed by atoms with Gasteiger partial charge in [-0.25, -0.2) is 0 Å². The van der Waals surface area contributed by atoms with E-state index in [1.807, 2.05) is 13.8 Å². The van der Waals surface area contributed by atoms with Crippen molar-refractivity contribution in [3.8, 4) is 0 Å². The largest absolute Gasteiger partial charge is 0.379 e. The Bertz CT molecular complexity index is 163. The lowest BCUT2D eigenvalue weighted by Gasteiger charge is -2.38. The summed E-state index contributed by atoms with van der Waals surface area (Å²) < 4.78 is 4.86. The summed E-state index contributed by atoms with van der Waals surface area (Å²) in [6, 6.07) is 0. The van der Waals surface area contributed by atoms with Crippen LogP contribution in [-0.2, 0) is 4.74 Å². The van der Waals surface area contributed by atoms with Crippen LogP contribution in [0.3, 0.4) is 0 Å². The molecule has 0 radical (unpaired) electrons. The minimum atomic E-state index is -0.935. The van der Waals surface area contributed by atoms with Crippen molar-refractivity contribution in [2.45, 2.75) is 25.9 Å². The molecule has 0 aromatic rings. The molecule has 1 atom stereocenters. The van der Waals surface area contributed by atoms with Crippen molar-refractivity contribution in [2.75, 3.05) is 13.2 Å². The van der Waals surface area contributed by atoms with Crippen LogP contribution in [0.25, 0.3) is 0 Å². The van der Waals surface area contributed by atoms with E-state index in [0.717, 1.165) is 6.42 Å². The van der Waals surface area contributed by atoms with E-state index in [2.05, 4.69) is 0 Å². The molecule has 3 heteroatoms. The molecule has 1 aliphatic heterocycles. The predicted molar refractivity (Wildman–Crippen MR) is 43.0 cm³/mol. The van der Waals surface area contributed by atoms with Crippen LogP contribution < -0.4 is 0 Å². The summed E-state index contributed by atoms with van der Waals surface area (Å²) in [7, 11) is 0. The minimum Gasteiger partial charge on any atom is -0.379 e. The summed E-state index contributed by atoms with van der Waals surface area (Å²) in [5, 5.41) is 17.2. The van der Waals surface area contributed by atoms with Gasteiger partial charge in [0.25, 0.3) is 0 Å². The van der Waals surface area contributed by atoms with Gasteiger partial charge in [-0.2, -0.15) is 0 Å². The maximum absolute atomic E-state index is 9.63. The third-order valence-electron chi connectivity index (χ3n) is 2.29. The number of nitrogens with one attached hydrogen (secondary N) is 1. The topological polar surface area (TPSA) is 53.3 Å². The summed E-state index contributed by atoms with van der Waals surface area (Å²) in [5.41, 5.74) is -0.513. The van der Waals surface area contributed by atoms with E-state index in [0.29, 0.717) is 18.9 Å². The molecule has 1 saturated heterocycles. The van der Waals surface area contributed by atoms with Gasteiger partial charge >= 0.3 is 0 Å². The fourth-order valence-corrected chi connectivity index (χ4v) is 1.11. The van der Waals surface area contributed by atoms with E-state index in [1.165, 1.54) is 0 Å². The number of hydrogen-bond donors (Lipinski definition) is 2. The van der Waals surface area contributed by atoms with E-state index in [1.54, 1.807) is 0 Å². The first-order valence-electron chi connectivity index (χ1n) is 3.99. The molecule has 0 saturated carbocycles. The van der Waals surface area contributed by atoms with Gasteiger partial charge in [0.2, 0.25) is 0 Å². The zero-order valence-corrected chi connectivity index (χ0v) is 7.05. The van der Waals surface area contributed by atoms with Crippen LogP contribution in [0.1, 0.15) is 20.3 Å². The van der Waals surface area contributed by atoms with Gasteiger partial charge in [-0.05, 0) is 12.3 Å². The van der Waals surface area contributed by atoms with E-state index in [9.17, 15) is 5.11 Å². The van der Waals surface area contributed by atoms with Gasteiger partial charge in [-0.15, -0.1) is 0 Å². The highest BCUT2D eigenvalue weighted by molar-refractivity contribution is 5.92. The van der Waals surface area contributed by atoms with Crippen LogP contribution in [0.5, 0.6) is 0 Å². The highest BCUT2D eigenvalue weighted by atomic mass is 16.5. The number of ether oxygens (including phenoxy) is 1. The average molecular weight is 157 g/mol. The lowest BCUT2D eigenvalue weighted by molar-refractivity contribution is -0.136. The first-order valence-corrected chi connectivity index (χ1v) is 3.99. The van der Waals surface area contributed by atoms with Gasteiger partial charge in [0.15, 0.2) is 0 Å². The maximum atomic E-state index is 9.63. The second-order valence-electron chi connectivity index (χ2n) is 3.25. The Morgan fingerprint density at radius 3 is 2.55 bits per heavy atom. The third-order valence-corrected chi connectivity index (χ3v) is 2.29. The lowest BCUT2D eigenvalue weighted by atomic mass is 9.86. The van der Waals surface area contributed by atoms with Crippen molar-refractivity contribution < 1.29 is 9.84 Å². The fourth-order valence-electron chi connectivity index (χ4n) is 1.11. The SMILES string of the molecule is CCC(C)C(=N)C1(O)COC1. The molecule has 1 unspecified atom stereocenters. The molecule has 1 aliphatic rings. The molecule has 11 heavy (non-hydrogen) atoms. The number of aliphatic hydroxyl groups is 1. The Labute approximate surface area is 66.9 Å². The molecule has 2 N–H and O–H groups in total. The number of rotatable bonds is 3. The Morgan fingerprint density at radius 2 is 2.27 bits per heavy atom. The van der Waals surface area contributed by atoms with Gasteiger partial charge in [-0.3, -0.25) is 0 Å². The lowest BCUT2D eigenvalue weighted by Crippen LogP contribution is -2.57. The molecule has 0 bridgehead atoms. The van der Waals surface area contributed by atoms with Crippen molar-refractivity contribution in [3.63, 3.8) is 0 Å². The molecule has 0 spiro atoms. The quantitative estimate of drug-likeness (QED) is 0.596. The van der Waals surface area contributed by atoms with Gasteiger partial charge in [0.05, 0.1) is 13.2 Å². The Balaban J connectivity index is 2.52. The normalized spacial score (nSPS) is 23.9. The van der Waals surface area contributed by atoms with Gasteiger partial charge in [-0.1, -0.05) is 13.8 Å². The third kappa shape index (κ3) is 1.44. The Morgan fingerprint density at radius 1 is 1.73 bits per heavy atom. The molecule has 1 heterocycles. The second-order valence-corrected chi connectivity index (χ2v) is 3.25. The monoisotopic (exact) mass is 157 g/mol. The molecule has 3 nitrogen and oxygen atoms in total. The summed E-state index contributed by atoms with van der Waals surface area (Å²) in [4.78, 5) is 0. The van der Waals surface area contributed by atoms with E-state index in [4.69, 9.17) is 10.1 Å². The molecular formula is C8H15NO2. The number of hydrogen-bond acceptors (Lipinski definition) is 3.